The Morgan fingerprint density at radius 1 is 1.25 bits per heavy atom. The van der Waals surface area contributed by atoms with Crippen LogP contribution in [0.25, 0.3) is 0 Å². The van der Waals surface area contributed by atoms with E-state index in [1.165, 1.54) is 5.56 Å². The monoisotopic (exact) mass is 436 g/mol. The van der Waals surface area contributed by atoms with Crippen molar-refractivity contribution >= 4 is 6.09 Å². The molecule has 3 fully saturated rings. The Kier molecular flexibility index (Phi) is 5.76. The number of nitrogens with zero attached hydrogens (tertiary/aromatic N) is 3. The first-order valence-corrected chi connectivity index (χ1v) is 11.8. The van der Waals surface area contributed by atoms with Gasteiger partial charge in [0.25, 0.3) is 0 Å². The molecule has 0 saturated heterocycles. The lowest BCUT2D eigenvalue weighted by atomic mass is 9.86. The topological polar surface area (TPSA) is 94.5 Å². The third-order valence-electron chi connectivity index (χ3n) is 7.31. The van der Waals surface area contributed by atoms with Crippen LogP contribution in [0.5, 0.6) is 0 Å². The first-order chi connectivity index (χ1) is 15.6. The molecule has 3 aliphatic carbocycles. The number of nitrogens with two attached hydrogens (primary N) is 1. The van der Waals surface area contributed by atoms with Gasteiger partial charge in [0.05, 0.1) is 5.41 Å². The number of aromatic nitrogens is 2. The van der Waals surface area contributed by atoms with Crippen LogP contribution in [0.15, 0.2) is 47.5 Å². The SMILES string of the molecule is C=CCOC(=O)N(CC1(c2noc(C3CCC(N)CC3)n2)CC1)[C@@H]1C[C@H]1c1ccccc1. The van der Waals surface area contributed by atoms with Gasteiger partial charge in [-0.3, -0.25) is 0 Å². The van der Waals surface area contributed by atoms with E-state index in [0.29, 0.717) is 18.4 Å². The maximum absolute atomic E-state index is 13.0. The molecule has 0 bridgehead atoms. The molecule has 0 spiro atoms. The summed E-state index contributed by atoms with van der Waals surface area (Å²) in [7, 11) is 0. The van der Waals surface area contributed by atoms with Crippen molar-refractivity contribution in [2.45, 2.75) is 74.3 Å². The van der Waals surface area contributed by atoms with Crippen LogP contribution in [0.4, 0.5) is 4.79 Å². The van der Waals surface area contributed by atoms with Crippen molar-refractivity contribution < 1.29 is 14.1 Å². The van der Waals surface area contributed by atoms with Gasteiger partial charge >= 0.3 is 6.09 Å². The molecule has 5 rings (SSSR count). The number of ether oxygens (including phenoxy) is 1. The van der Waals surface area contributed by atoms with Gasteiger partial charge in [-0.15, -0.1) is 0 Å². The smallest absolute Gasteiger partial charge is 0.410 e. The zero-order chi connectivity index (χ0) is 22.1. The fraction of sp³-hybridized carbons (Fsp3) is 0.560. The minimum atomic E-state index is -0.287. The zero-order valence-corrected chi connectivity index (χ0v) is 18.5. The van der Waals surface area contributed by atoms with E-state index >= 15 is 0 Å². The number of rotatable bonds is 8. The molecule has 7 heteroatoms. The first kappa shape index (κ1) is 21.2. The molecule has 3 saturated carbocycles. The van der Waals surface area contributed by atoms with Gasteiger partial charge in [0.1, 0.15) is 6.61 Å². The Hall–Kier alpha value is -2.67. The van der Waals surface area contributed by atoms with E-state index in [2.05, 4.69) is 23.9 Å². The predicted molar refractivity (Wildman–Crippen MR) is 120 cm³/mol. The molecule has 170 valence electrons. The number of hydrogen-bond acceptors (Lipinski definition) is 6. The van der Waals surface area contributed by atoms with Crippen LogP contribution < -0.4 is 5.73 Å². The normalized spacial score (nSPS) is 28.0. The Labute approximate surface area is 189 Å². The van der Waals surface area contributed by atoms with E-state index in [-0.39, 0.29) is 30.2 Å². The quantitative estimate of drug-likeness (QED) is 0.621. The minimum absolute atomic E-state index is 0.137. The molecular formula is C25H32N4O3. The highest BCUT2D eigenvalue weighted by Gasteiger charge is 2.55. The Bertz CT molecular complexity index is 947. The molecule has 1 amide bonds. The molecule has 2 N–H and O–H groups in total. The molecule has 0 radical (unpaired) electrons. The molecule has 7 nitrogen and oxygen atoms in total. The van der Waals surface area contributed by atoms with E-state index in [1.807, 2.05) is 23.1 Å². The third kappa shape index (κ3) is 4.31. The van der Waals surface area contributed by atoms with E-state index < -0.39 is 0 Å². The number of carbonyl (C=O) groups is 1. The molecular weight excluding hydrogens is 404 g/mol. The molecule has 1 heterocycles. The van der Waals surface area contributed by atoms with Crippen molar-refractivity contribution in [3.05, 3.63) is 60.3 Å². The van der Waals surface area contributed by atoms with E-state index in [9.17, 15) is 4.79 Å². The van der Waals surface area contributed by atoms with Gasteiger partial charge in [0.15, 0.2) is 5.82 Å². The van der Waals surface area contributed by atoms with E-state index in [0.717, 1.165) is 56.7 Å². The van der Waals surface area contributed by atoms with Crippen LogP contribution in [-0.4, -0.2) is 46.4 Å². The average molecular weight is 437 g/mol. The van der Waals surface area contributed by atoms with Gasteiger partial charge in [0.2, 0.25) is 5.89 Å². The predicted octanol–water partition coefficient (Wildman–Crippen LogP) is 4.27. The molecule has 0 aliphatic heterocycles. The first-order valence-electron chi connectivity index (χ1n) is 11.8. The second kappa shape index (κ2) is 8.70. The lowest BCUT2D eigenvalue weighted by Crippen LogP contribution is -2.40. The summed E-state index contributed by atoms with van der Waals surface area (Å²) in [6.07, 6.45) is 8.16. The van der Waals surface area contributed by atoms with Gasteiger partial charge in [0, 0.05) is 30.5 Å². The fourth-order valence-electron chi connectivity index (χ4n) is 5.03. The van der Waals surface area contributed by atoms with Crippen LogP contribution in [0, 0.1) is 0 Å². The van der Waals surface area contributed by atoms with Crippen LogP contribution in [-0.2, 0) is 10.2 Å². The summed E-state index contributed by atoms with van der Waals surface area (Å²) in [5, 5.41) is 4.36. The van der Waals surface area contributed by atoms with Crippen molar-refractivity contribution in [2.24, 2.45) is 5.73 Å². The fourth-order valence-corrected chi connectivity index (χ4v) is 5.03. The number of hydrogen-bond donors (Lipinski definition) is 1. The average Bonchev–Trinajstić information content (AvgIpc) is 3.73. The molecule has 1 aromatic carbocycles. The summed E-state index contributed by atoms with van der Waals surface area (Å²) in [6, 6.07) is 10.8. The maximum atomic E-state index is 13.0. The highest BCUT2D eigenvalue weighted by molar-refractivity contribution is 5.69. The van der Waals surface area contributed by atoms with Gasteiger partial charge in [-0.1, -0.05) is 48.1 Å². The molecule has 2 aromatic rings. The van der Waals surface area contributed by atoms with Gasteiger partial charge in [-0.05, 0) is 50.5 Å². The largest absolute Gasteiger partial charge is 0.445 e. The lowest BCUT2D eigenvalue weighted by molar-refractivity contribution is 0.104. The van der Waals surface area contributed by atoms with Crippen molar-refractivity contribution in [3.8, 4) is 0 Å². The van der Waals surface area contributed by atoms with Crippen LogP contribution in [0.3, 0.4) is 0 Å². The Morgan fingerprint density at radius 2 is 2.00 bits per heavy atom. The molecule has 2 atom stereocenters. The molecule has 32 heavy (non-hydrogen) atoms. The summed E-state index contributed by atoms with van der Waals surface area (Å²) in [4.78, 5) is 19.7. The number of carbonyl (C=O) groups excluding carboxylic acids is 1. The summed E-state index contributed by atoms with van der Waals surface area (Å²) >= 11 is 0. The summed E-state index contributed by atoms with van der Waals surface area (Å²) < 4.78 is 11.1. The van der Waals surface area contributed by atoms with Crippen molar-refractivity contribution in [1.82, 2.24) is 15.0 Å². The maximum Gasteiger partial charge on any atom is 0.410 e. The standard InChI is InChI=1S/C25H32N4O3/c1-2-14-31-24(30)29(21-15-20(21)17-6-4-3-5-7-17)16-25(12-13-25)23-27-22(32-28-23)18-8-10-19(26)11-9-18/h2-7,18-21H,1,8-16,26H2/t18?,19?,20-,21+/m0/s1. The number of benzene rings is 1. The minimum Gasteiger partial charge on any atom is -0.445 e. The second-order valence-corrected chi connectivity index (χ2v) is 9.66. The van der Waals surface area contributed by atoms with E-state index in [4.69, 9.17) is 20.0 Å². The zero-order valence-electron chi connectivity index (χ0n) is 18.5. The summed E-state index contributed by atoms with van der Waals surface area (Å²) in [5.74, 6) is 2.11. The molecule has 3 aliphatic rings. The van der Waals surface area contributed by atoms with E-state index in [1.54, 1.807) is 6.08 Å². The third-order valence-corrected chi connectivity index (χ3v) is 7.31. The Balaban J connectivity index is 1.31. The molecule has 0 unspecified atom stereocenters. The van der Waals surface area contributed by atoms with Crippen molar-refractivity contribution in [2.75, 3.05) is 13.2 Å². The van der Waals surface area contributed by atoms with Gasteiger partial charge in [-0.2, -0.15) is 4.98 Å². The lowest BCUT2D eigenvalue weighted by Gasteiger charge is -2.26. The molecule has 1 aromatic heterocycles. The second-order valence-electron chi connectivity index (χ2n) is 9.66. The van der Waals surface area contributed by atoms with Crippen LogP contribution in [0.1, 0.15) is 74.1 Å². The van der Waals surface area contributed by atoms with Gasteiger partial charge < -0.3 is 19.9 Å². The van der Waals surface area contributed by atoms with Crippen LogP contribution >= 0.6 is 0 Å². The van der Waals surface area contributed by atoms with Crippen molar-refractivity contribution in [1.29, 1.82) is 0 Å². The van der Waals surface area contributed by atoms with Crippen molar-refractivity contribution in [3.63, 3.8) is 0 Å². The highest BCUT2D eigenvalue weighted by atomic mass is 16.6. The van der Waals surface area contributed by atoms with Crippen LogP contribution in [0.2, 0.25) is 0 Å². The summed E-state index contributed by atoms with van der Waals surface area (Å²) in [6.45, 7) is 4.44. The number of amides is 1. The Morgan fingerprint density at radius 3 is 2.69 bits per heavy atom. The van der Waals surface area contributed by atoms with Gasteiger partial charge in [-0.25, -0.2) is 4.79 Å². The summed E-state index contributed by atoms with van der Waals surface area (Å²) in [5.41, 5.74) is 7.08. The highest BCUT2D eigenvalue weighted by Crippen LogP contribution is 2.52.